The Hall–Kier alpha value is -2.33. The molecule has 0 spiro atoms. The third-order valence-electron chi connectivity index (χ3n) is 4.44. The van der Waals surface area contributed by atoms with Crippen LogP contribution in [0, 0.1) is 0 Å². The first-order valence-corrected chi connectivity index (χ1v) is 8.94. The number of halogens is 1. The average Bonchev–Trinajstić information content (AvgIpc) is 2.70. The van der Waals surface area contributed by atoms with Crippen molar-refractivity contribution in [3.63, 3.8) is 0 Å². The Labute approximate surface area is 167 Å². The zero-order chi connectivity index (χ0) is 18.2. The van der Waals surface area contributed by atoms with Gasteiger partial charge in [-0.15, -0.1) is 12.4 Å². The second kappa shape index (κ2) is 10.7. The molecule has 4 heteroatoms. The summed E-state index contributed by atoms with van der Waals surface area (Å²) < 4.78 is 5.93. The molecule has 0 fully saturated rings. The molecule has 3 nitrogen and oxygen atoms in total. The molecule has 0 amide bonds. The minimum absolute atomic E-state index is 0. The summed E-state index contributed by atoms with van der Waals surface area (Å²) in [6.07, 6.45) is 1.72. The van der Waals surface area contributed by atoms with Crippen molar-refractivity contribution in [2.75, 3.05) is 13.7 Å². The van der Waals surface area contributed by atoms with Crippen LogP contribution in [0.25, 0.3) is 0 Å². The summed E-state index contributed by atoms with van der Waals surface area (Å²) in [5.74, 6) is 1.65. The van der Waals surface area contributed by atoms with Gasteiger partial charge in [0.15, 0.2) is 0 Å². The van der Waals surface area contributed by atoms with Crippen molar-refractivity contribution in [2.45, 2.75) is 18.9 Å². The van der Waals surface area contributed by atoms with Crippen LogP contribution in [-0.4, -0.2) is 24.8 Å². The number of hydrogen-bond acceptors (Lipinski definition) is 3. The van der Waals surface area contributed by atoms with E-state index in [1.165, 1.54) is 16.7 Å². The number of ether oxygens (including phenoxy) is 1. The van der Waals surface area contributed by atoms with Gasteiger partial charge in [0.1, 0.15) is 11.5 Å². The number of aliphatic hydroxyl groups is 1. The molecule has 3 aromatic carbocycles. The number of nitrogens with one attached hydrogen (secondary N) is 1. The van der Waals surface area contributed by atoms with Crippen molar-refractivity contribution in [2.24, 2.45) is 0 Å². The largest absolute Gasteiger partial charge is 0.457 e. The molecule has 0 aliphatic rings. The van der Waals surface area contributed by atoms with Crippen LogP contribution in [0.5, 0.6) is 11.5 Å². The van der Waals surface area contributed by atoms with Crippen LogP contribution in [0.15, 0.2) is 78.9 Å². The highest BCUT2D eigenvalue weighted by Gasteiger charge is 2.06. The molecule has 0 bridgehead atoms. The van der Waals surface area contributed by atoms with Gasteiger partial charge in [0.2, 0.25) is 0 Å². The molecular weight excluding hydrogens is 358 g/mol. The molecule has 0 aromatic heterocycles. The number of benzene rings is 3. The SMILES string of the molecule is CN[C@H](CO)Cc1ccc(Oc2ccc(Cc3ccccc3)cc2)cc1.Cl. The van der Waals surface area contributed by atoms with Crippen LogP contribution in [-0.2, 0) is 12.8 Å². The molecule has 3 aromatic rings. The number of rotatable bonds is 8. The lowest BCUT2D eigenvalue weighted by atomic mass is 10.1. The van der Waals surface area contributed by atoms with Gasteiger partial charge >= 0.3 is 0 Å². The van der Waals surface area contributed by atoms with Gasteiger partial charge in [-0.25, -0.2) is 0 Å². The maximum absolute atomic E-state index is 9.27. The highest BCUT2D eigenvalue weighted by atomic mass is 35.5. The molecule has 27 heavy (non-hydrogen) atoms. The predicted molar refractivity (Wildman–Crippen MR) is 113 cm³/mol. The summed E-state index contributed by atoms with van der Waals surface area (Å²) in [5.41, 5.74) is 3.74. The Bertz CT molecular complexity index is 785. The fraction of sp³-hybridized carbons (Fsp3) is 0.217. The quantitative estimate of drug-likeness (QED) is 0.596. The zero-order valence-corrected chi connectivity index (χ0v) is 16.3. The Morgan fingerprint density at radius 1 is 0.778 bits per heavy atom. The molecule has 0 saturated carbocycles. The van der Waals surface area contributed by atoms with Gasteiger partial charge in [-0.05, 0) is 60.8 Å². The summed E-state index contributed by atoms with van der Waals surface area (Å²) in [4.78, 5) is 0. The van der Waals surface area contributed by atoms with Gasteiger partial charge < -0.3 is 15.2 Å². The third-order valence-corrected chi connectivity index (χ3v) is 4.44. The second-order valence-electron chi connectivity index (χ2n) is 6.42. The van der Waals surface area contributed by atoms with Crippen LogP contribution in [0.1, 0.15) is 16.7 Å². The smallest absolute Gasteiger partial charge is 0.127 e. The number of hydrogen-bond donors (Lipinski definition) is 2. The van der Waals surface area contributed by atoms with Crippen molar-refractivity contribution in [3.8, 4) is 11.5 Å². The van der Waals surface area contributed by atoms with Crippen LogP contribution in [0.2, 0.25) is 0 Å². The van der Waals surface area contributed by atoms with E-state index >= 15 is 0 Å². The fourth-order valence-corrected chi connectivity index (χ4v) is 2.88. The number of likely N-dealkylation sites (N-methyl/N-ethyl adjacent to an activating group) is 1. The Morgan fingerprint density at radius 3 is 1.81 bits per heavy atom. The first kappa shape index (κ1) is 21.0. The zero-order valence-electron chi connectivity index (χ0n) is 15.5. The minimum Gasteiger partial charge on any atom is -0.457 e. The van der Waals surface area contributed by atoms with Crippen LogP contribution < -0.4 is 10.1 Å². The van der Waals surface area contributed by atoms with Gasteiger partial charge in [-0.3, -0.25) is 0 Å². The van der Waals surface area contributed by atoms with E-state index < -0.39 is 0 Å². The van der Waals surface area contributed by atoms with Gasteiger partial charge in [0, 0.05) is 6.04 Å². The number of aliphatic hydroxyl groups excluding tert-OH is 1. The fourth-order valence-electron chi connectivity index (χ4n) is 2.88. The highest BCUT2D eigenvalue weighted by molar-refractivity contribution is 5.85. The highest BCUT2D eigenvalue weighted by Crippen LogP contribution is 2.23. The molecule has 2 N–H and O–H groups in total. The minimum atomic E-state index is 0. The van der Waals surface area contributed by atoms with E-state index in [4.69, 9.17) is 4.74 Å². The van der Waals surface area contributed by atoms with E-state index in [2.05, 4.69) is 41.7 Å². The third kappa shape index (κ3) is 6.40. The molecule has 3 rings (SSSR count). The van der Waals surface area contributed by atoms with Gasteiger partial charge in [0.25, 0.3) is 0 Å². The lowest BCUT2D eigenvalue weighted by Crippen LogP contribution is -2.31. The van der Waals surface area contributed by atoms with Gasteiger partial charge in [-0.1, -0.05) is 54.6 Å². The van der Waals surface area contributed by atoms with Gasteiger partial charge in [0.05, 0.1) is 6.61 Å². The van der Waals surface area contributed by atoms with E-state index in [1.54, 1.807) is 0 Å². The van der Waals surface area contributed by atoms with E-state index in [0.29, 0.717) is 0 Å². The summed E-state index contributed by atoms with van der Waals surface area (Å²) >= 11 is 0. The Morgan fingerprint density at radius 2 is 1.30 bits per heavy atom. The van der Waals surface area contributed by atoms with E-state index in [1.807, 2.05) is 49.5 Å². The molecule has 0 aliphatic carbocycles. The molecule has 0 radical (unpaired) electrons. The molecule has 0 aliphatic heterocycles. The molecule has 142 valence electrons. The van der Waals surface area contributed by atoms with Crippen molar-refractivity contribution >= 4 is 12.4 Å². The molecule has 0 saturated heterocycles. The van der Waals surface area contributed by atoms with Gasteiger partial charge in [-0.2, -0.15) is 0 Å². The lowest BCUT2D eigenvalue weighted by Gasteiger charge is -2.13. The summed E-state index contributed by atoms with van der Waals surface area (Å²) in [6, 6.07) is 26.8. The van der Waals surface area contributed by atoms with Crippen LogP contribution in [0.3, 0.4) is 0 Å². The Kier molecular flexibility index (Phi) is 8.34. The standard InChI is InChI=1S/C23H25NO2.ClH/c1-24-21(17-25)16-20-9-13-23(14-10-20)26-22-11-7-19(8-12-22)15-18-5-3-2-4-6-18;/h2-14,21,24-25H,15-17H2,1H3;1H/t21-;/m0./s1. The van der Waals surface area contributed by atoms with E-state index in [9.17, 15) is 5.11 Å². The topological polar surface area (TPSA) is 41.5 Å². The lowest BCUT2D eigenvalue weighted by molar-refractivity contribution is 0.248. The molecule has 0 heterocycles. The van der Waals surface area contributed by atoms with Crippen LogP contribution in [0.4, 0.5) is 0 Å². The first-order chi connectivity index (χ1) is 12.8. The first-order valence-electron chi connectivity index (χ1n) is 8.94. The molecular formula is C23H26ClNO2. The summed E-state index contributed by atoms with van der Waals surface area (Å²) in [7, 11) is 1.86. The predicted octanol–water partition coefficient (Wildman–Crippen LogP) is 4.61. The second-order valence-corrected chi connectivity index (χ2v) is 6.42. The normalized spacial score (nSPS) is 11.5. The average molecular weight is 384 g/mol. The maximum atomic E-state index is 9.27. The summed E-state index contributed by atoms with van der Waals surface area (Å²) in [5, 5.41) is 12.4. The summed E-state index contributed by atoms with van der Waals surface area (Å²) in [6.45, 7) is 0.129. The Balaban J connectivity index is 0.00000261. The van der Waals surface area contributed by atoms with Crippen molar-refractivity contribution < 1.29 is 9.84 Å². The van der Waals surface area contributed by atoms with E-state index in [0.717, 1.165) is 24.3 Å². The maximum Gasteiger partial charge on any atom is 0.127 e. The molecule has 1 atom stereocenters. The van der Waals surface area contributed by atoms with Crippen LogP contribution >= 0.6 is 12.4 Å². The van der Waals surface area contributed by atoms with Crippen molar-refractivity contribution in [1.29, 1.82) is 0 Å². The monoisotopic (exact) mass is 383 g/mol. The van der Waals surface area contributed by atoms with E-state index in [-0.39, 0.29) is 25.1 Å². The van der Waals surface area contributed by atoms with Crippen molar-refractivity contribution in [1.82, 2.24) is 5.32 Å². The van der Waals surface area contributed by atoms with Crippen molar-refractivity contribution in [3.05, 3.63) is 95.6 Å². The molecule has 0 unspecified atom stereocenters.